The van der Waals surface area contributed by atoms with Gasteiger partial charge in [-0.05, 0) is 22.3 Å². The Morgan fingerprint density at radius 3 is 1.78 bits per heavy atom. The van der Waals surface area contributed by atoms with Crippen molar-refractivity contribution in [3.05, 3.63) is 59.7 Å². The second kappa shape index (κ2) is 16.1. The lowest BCUT2D eigenvalue weighted by Crippen LogP contribution is -2.66. The number of carbonyl (C=O) groups excluding carboxylic acids is 6. The summed E-state index contributed by atoms with van der Waals surface area (Å²) >= 11 is 0. The van der Waals surface area contributed by atoms with Crippen molar-refractivity contribution in [2.75, 3.05) is 13.2 Å². The minimum atomic E-state index is -1.78. The number of fused-ring (bicyclic) bond motifs is 3. The molecule has 0 spiro atoms. The maximum atomic E-state index is 13.2. The zero-order valence-corrected chi connectivity index (χ0v) is 27.0. The van der Waals surface area contributed by atoms with Gasteiger partial charge in [0, 0.05) is 33.6 Å². The number of carboxylic acids is 1. The predicted octanol–water partition coefficient (Wildman–Crippen LogP) is 1.57. The van der Waals surface area contributed by atoms with E-state index in [2.05, 4.69) is 10.6 Å². The minimum absolute atomic E-state index is 0.108. The van der Waals surface area contributed by atoms with Crippen LogP contribution in [-0.2, 0) is 57.2 Å². The summed E-state index contributed by atoms with van der Waals surface area (Å²) in [5.74, 6) is -6.22. The number of benzene rings is 2. The second-order valence-electron chi connectivity index (χ2n) is 11.3. The minimum Gasteiger partial charge on any atom is -0.480 e. The summed E-state index contributed by atoms with van der Waals surface area (Å²) < 4.78 is 32.1. The van der Waals surface area contributed by atoms with Crippen LogP contribution < -0.4 is 10.6 Å². The van der Waals surface area contributed by atoms with E-state index in [0.29, 0.717) is 0 Å². The average Bonchev–Trinajstić information content (AvgIpc) is 3.34. The van der Waals surface area contributed by atoms with E-state index >= 15 is 0 Å². The Morgan fingerprint density at radius 1 is 0.714 bits per heavy atom. The van der Waals surface area contributed by atoms with Crippen LogP contribution in [0.2, 0.25) is 0 Å². The molecule has 2 aliphatic rings. The monoisotopic (exact) mass is 684 g/mol. The average molecular weight is 685 g/mol. The molecule has 6 atom stereocenters. The third-order valence-electron chi connectivity index (χ3n) is 7.62. The first-order valence-electron chi connectivity index (χ1n) is 15.2. The highest BCUT2D eigenvalue weighted by Gasteiger charge is 2.52. The molecule has 0 aromatic heterocycles. The van der Waals surface area contributed by atoms with Gasteiger partial charge in [-0.2, -0.15) is 0 Å². The number of hydrogen-bond acceptors (Lipinski definition) is 13. The van der Waals surface area contributed by atoms with E-state index in [4.69, 9.17) is 28.4 Å². The van der Waals surface area contributed by atoms with Crippen LogP contribution >= 0.6 is 0 Å². The maximum Gasteiger partial charge on any atom is 0.407 e. The van der Waals surface area contributed by atoms with Crippen LogP contribution in [0.4, 0.5) is 4.79 Å². The van der Waals surface area contributed by atoms with Crippen molar-refractivity contribution in [1.82, 2.24) is 10.6 Å². The fraction of sp³-hybridized carbons (Fsp3) is 0.424. The van der Waals surface area contributed by atoms with Crippen LogP contribution in [0, 0.1) is 0 Å². The Morgan fingerprint density at radius 2 is 1.24 bits per heavy atom. The molecule has 16 heteroatoms. The van der Waals surface area contributed by atoms with Gasteiger partial charge < -0.3 is 44.2 Å². The highest BCUT2D eigenvalue weighted by atomic mass is 16.7. The van der Waals surface area contributed by atoms with Gasteiger partial charge in [-0.1, -0.05) is 48.5 Å². The van der Waals surface area contributed by atoms with Crippen molar-refractivity contribution in [3.63, 3.8) is 0 Å². The van der Waals surface area contributed by atoms with Gasteiger partial charge in [0.05, 0.1) is 6.42 Å². The van der Waals surface area contributed by atoms with Gasteiger partial charge >= 0.3 is 35.9 Å². The van der Waals surface area contributed by atoms with Crippen molar-refractivity contribution in [2.24, 2.45) is 0 Å². The third-order valence-corrected chi connectivity index (χ3v) is 7.62. The predicted molar refractivity (Wildman–Crippen MR) is 164 cm³/mol. The first-order chi connectivity index (χ1) is 23.2. The van der Waals surface area contributed by atoms with Crippen molar-refractivity contribution in [3.8, 4) is 11.1 Å². The summed E-state index contributed by atoms with van der Waals surface area (Å²) in [6, 6.07) is 13.5. The van der Waals surface area contributed by atoms with E-state index in [-0.39, 0.29) is 12.5 Å². The van der Waals surface area contributed by atoms with Crippen LogP contribution in [0.25, 0.3) is 11.1 Å². The SMILES string of the molecule is CC(=O)OCC1OC(NC(=O)C[C@H](NC(=O)OCC2c3ccccc3-c3ccccc32)C(=O)O)C(OC(C)=O)C(OC(C)=O)C1OC(C)=O. The summed E-state index contributed by atoms with van der Waals surface area (Å²) in [5.41, 5.74) is 3.87. The number of esters is 4. The molecule has 2 amide bonds. The van der Waals surface area contributed by atoms with E-state index < -0.39 is 91.6 Å². The summed E-state index contributed by atoms with van der Waals surface area (Å²) in [7, 11) is 0. The van der Waals surface area contributed by atoms with Gasteiger partial charge in [0.15, 0.2) is 24.5 Å². The van der Waals surface area contributed by atoms with Gasteiger partial charge in [-0.15, -0.1) is 0 Å². The first-order valence-corrected chi connectivity index (χ1v) is 15.2. The maximum absolute atomic E-state index is 13.2. The lowest BCUT2D eigenvalue weighted by Gasteiger charge is -2.44. The van der Waals surface area contributed by atoms with Crippen LogP contribution in [0.1, 0.15) is 51.2 Å². The molecule has 0 radical (unpaired) electrons. The fourth-order valence-corrected chi connectivity index (χ4v) is 5.73. The molecule has 4 rings (SSSR count). The normalized spacial score (nSPS) is 21.5. The van der Waals surface area contributed by atoms with E-state index in [1.807, 2.05) is 48.5 Å². The van der Waals surface area contributed by atoms with Crippen LogP contribution in [0.15, 0.2) is 48.5 Å². The molecule has 2 aromatic carbocycles. The molecular weight excluding hydrogens is 648 g/mol. The molecule has 1 saturated heterocycles. The van der Waals surface area contributed by atoms with E-state index in [1.54, 1.807) is 0 Å². The van der Waals surface area contributed by atoms with Crippen molar-refractivity contribution >= 4 is 41.8 Å². The van der Waals surface area contributed by atoms with Crippen LogP contribution in [-0.4, -0.2) is 96.9 Å². The van der Waals surface area contributed by atoms with E-state index in [0.717, 1.165) is 49.9 Å². The second-order valence-corrected chi connectivity index (χ2v) is 11.3. The molecule has 16 nitrogen and oxygen atoms in total. The number of amides is 2. The Bertz CT molecular complexity index is 1560. The molecule has 3 N–H and O–H groups in total. The Labute approximate surface area is 280 Å². The molecule has 1 heterocycles. The smallest absolute Gasteiger partial charge is 0.407 e. The molecule has 1 aliphatic carbocycles. The molecule has 0 bridgehead atoms. The Hall–Kier alpha value is -5.51. The number of aliphatic carboxylic acids is 1. The topological polar surface area (TPSA) is 219 Å². The van der Waals surface area contributed by atoms with Crippen molar-refractivity contribution in [1.29, 1.82) is 0 Å². The Kier molecular flexibility index (Phi) is 11.9. The highest BCUT2D eigenvalue weighted by Crippen LogP contribution is 2.44. The molecular formula is C33H36N2O14. The quantitative estimate of drug-likeness (QED) is 0.214. The van der Waals surface area contributed by atoms with Crippen LogP contribution in [0.3, 0.4) is 0 Å². The van der Waals surface area contributed by atoms with Gasteiger partial charge in [0.1, 0.15) is 25.4 Å². The summed E-state index contributed by atoms with van der Waals surface area (Å²) in [5, 5.41) is 14.3. The summed E-state index contributed by atoms with van der Waals surface area (Å²) in [6.45, 7) is 3.57. The lowest BCUT2D eigenvalue weighted by molar-refractivity contribution is -0.257. The van der Waals surface area contributed by atoms with Gasteiger partial charge in [0.25, 0.3) is 0 Å². The summed E-state index contributed by atoms with van der Waals surface area (Å²) in [4.78, 5) is 85.5. The fourth-order valence-electron chi connectivity index (χ4n) is 5.73. The molecule has 49 heavy (non-hydrogen) atoms. The standard InChI is InChI=1S/C33H36N2O14/c1-16(36)44-15-26-28(46-17(2)37)29(47-18(3)38)30(48-19(4)39)31(49-26)35-27(40)13-25(32(41)42)34-33(43)45-14-24-22-11-7-5-9-20(22)21-10-6-8-12-23(21)24/h5-12,24-26,28-31H,13-15H2,1-4H3,(H,34,43)(H,35,40)(H,41,42)/t25-,26?,28?,29?,30?,31?/m0/s1. The number of carboxylic acid groups (broad SMARTS) is 1. The Balaban J connectivity index is 1.46. The van der Waals surface area contributed by atoms with Gasteiger partial charge in [-0.25, -0.2) is 9.59 Å². The number of carbonyl (C=O) groups is 7. The number of hydrogen-bond donors (Lipinski definition) is 3. The molecule has 5 unspecified atom stereocenters. The number of ether oxygens (including phenoxy) is 6. The van der Waals surface area contributed by atoms with Crippen molar-refractivity contribution in [2.45, 2.75) is 76.7 Å². The third kappa shape index (κ3) is 9.31. The number of alkyl carbamates (subject to hydrolysis) is 1. The molecule has 0 saturated carbocycles. The van der Waals surface area contributed by atoms with Gasteiger partial charge in [-0.3, -0.25) is 24.0 Å². The van der Waals surface area contributed by atoms with Crippen molar-refractivity contribution < 1.29 is 67.1 Å². The zero-order valence-electron chi connectivity index (χ0n) is 27.0. The molecule has 2 aromatic rings. The highest BCUT2D eigenvalue weighted by molar-refractivity contribution is 5.87. The largest absolute Gasteiger partial charge is 0.480 e. The van der Waals surface area contributed by atoms with E-state index in [9.17, 15) is 38.7 Å². The van der Waals surface area contributed by atoms with E-state index in [1.165, 1.54) is 0 Å². The first kappa shape index (κ1) is 36.3. The van der Waals surface area contributed by atoms with Gasteiger partial charge in [0.2, 0.25) is 5.91 Å². The summed E-state index contributed by atoms with van der Waals surface area (Å²) in [6.07, 6.45) is -9.53. The number of nitrogens with one attached hydrogen (secondary N) is 2. The molecule has 1 fully saturated rings. The van der Waals surface area contributed by atoms with Crippen LogP contribution in [0.5, 0.6) is 0 Å². The number of rotatable bonds is 12. The molecule has 1 aliphatic heterocycles. The zero-order chi connectivity index (χ0) is 35.8. The lowest BCUT2D eigenvalue weighted by atomic mass is 9.97. The molecule has 262 valence electrons.